The Morgan fingerprint density at radius 3 is 3.00 bits per heavy atom. The van der Waals surface area contributed by atoms with Gasteiger partial charge in [-0.05, 0) is 19.4 Å². The number of methoxy groups -OCH3 is 1. The molecule has 1 unspecified atom stereocenters. The number of hydrogen-bond acceptors (Lipinski definition) is 5. The van der Waals surface area contributed by atoms with E-state index in [0.29, 0.717) is 24.9 Å². The van der Waals surface area contributed by atoms with Crippen molar-refractivity contribution >= 4 is 0 Å². The molecule has 0 saturated carbocycles. The Hall–Kier alpha value is -0.940. The summed E-state index contributed by atoms with van der Waals surface area (Å²) >= 11 is 0. The van der Waals surface area contributed by atoms with E-state index >= 15 is 0 Å². The highest BCUT2D eigenvalue weighted by Gasteiger charge is 2.13. The van der Waals surface area contributed by atoms with E-state index in [9.17, 15) is 0 Å². The molecule has 0 aromatic carbocycles. The van der Waals surface area contributed by atoms with Gasteiger partial charge in [-0.15, -0.1) is 0 Å². The van der Waals surface area contributed by atoms with Gasteiger partial charge in [-0.25, -0.2) is 0 Å². The molecule has 1 aromatic rings. The Morgan fingerprint density at radius 1 is 1.57 bits per heavy atom. The van der Waals surface area contributed by atoms with Gasteiger partial charge in [-0.3, -0.25) is 0 Å². The molecule has 0 aliphatic carbocycles. The fraction of sp³-hybridized carbons (Fsp3) is 0.778. The van der Waals surface area contributed by atoms with Crippen LogP contribution in [0.3, 0.4) is 0 Å². The minimum atomic E-state index is 0.275. The van der Waals surface area contributed by atoms with Gasteiger partial charge in [-0.2, -0.15) is 4.98 Å². The number of ether oxygens (including phenoxy) is 1. The summed E-state index contributed by atoms with van der Waals surface area (Å²) in [5.41, 5.74) is 5.42. The maximum Gasteiger partial charge on any atom is 0.229 e. The molecule has 1 rings (SSSR count). The molecule has 0 aliphatic rings. The number of hydrogen-bond donors (Lipinski definition) is 1. The SMILES string of the molecule is COCc1noc(C(C)CCCN)n1. The third-order valence-electron chi connectivity index (χ3n) is 2.02. The molecular weight excluding hydrogens is 182 g/mol. The molecule has 0 amide bonds. The Balaban J connectivity index is 2.48. The van der Waals surface area contributed by atoms with E-state index in [2.05, 4.69) is 17.1 Å². The lowest BCUT2D eigenvalue weighted by molar-refractivity contribution is 0.174. The minimum Gasteiger partial charge on any atom is -0.377 e. The van der Waals surface area contributed by atoms with Crippen LogP contribution in [0.15, 0.2) is 4.52 Å². The molecule has 2 N–H and O–H groups in total. The van der Waals surface area contributed by atoms with E-state index in [1.165, 1.54) is 0 Å². The van der Waals surface area contributed by atoms with E-state index in [0.717, 1.165) is 12.8 Å². The van der Waals surface area contributed by atoms with Gasteiger partial charge >= 0.3 is 0 Å². The fourth-order valence-electron chi connectivity index (χ4n) is 1.20. The molecule has 14 heavy (non-hydrogen) atoms. The van der Waals surface area contributed by atoms with Crippen molar-refractivity contribution in [2.75, 3.05) is 13.7 Å². The molecule has 0 fully saturated rings. The highest BCUT2D eigenvalue weighted by Crippen LogP contribution is 2.18. The maximum atomic E-state index is 5.42. The lowest BCUT2D eigenvalue weighted by atomic mass is 10.1. The van der Waals surface area contributed by atoms with Crippen molar-refractivity contribution in [2.24, 2.45) is 5.73 Å². The van der Waals surface area contributed by atoms with Crippen LogP contribution in [0.1, 0.15) is 37.4 Å². The smallest absolute Gasteiger partial charge is 0.229 e. The third kappa shape index (κ3) is 3.08. The summed E-state index contributed by atoms with van der Waals surface area (Å²) < 4.78 is 9.99. The van der Waals surface area contributed by atoms with Crippen molar-refractivity contribution in [3.05, 3.63) is 11.7 Å². The van der Waals surface area contributed by atoms with Gasteiger partial charge in [0.2, 0.25) is 5.89 Å². The molecule has 1 atom stereocenters. The molecule has 0 bridgehead atoms. The number of nitrogens with zero attached hydrogens (tertiary/aromatic N) is 2. The van der Waals surface area contributed by atoms with Gasteiger partial charge < -0.3 is 15.0 Å². The Labute approximate surface area is 83.6 Å². The summed E-state index contributed by atoms with van der Waals surface area (Å²) in [6, 6.07) is 0. The first-order valence-corrected chi connectivity index (χ1v) is 4.79. The van der Waals surface area contributed by atoms with Crippen molar-refractivity contribution < 1.29 is 9.26 Å². The molecular formula is C9H17N3O2. The zero-order valence-electron chi connectivity index (χ0n) is 8.69. The second-order valence-electron chi connectivity index (χ2n) is 3.31. The second kappa shape index (κ2) is 5.72. The highest BCUT2D eigenvalue weighted by atomic mass is 16.5. The lowest BCUT2D eigenvalue weighted by Crippen LogP contribution is -2.02. The standard InChI is InChI=1S/C9H17N3O2/c1-7(4-3-5-10)9-11-8(6-13-2)12-14-9/h7H,3-6,10H2,1-2H3. The van der Waals surface area contributed by atoms with Gasteiger partial charge in [0, 0.05) is 13.0 Å². The van der Waals surface area contributed by atoms with Crippen LogP contribution in [0.5, 0.6) is 0 Å². The summed E-state index contributed by atoms with van der Waals surface area (Å²) in [6.45, 7) is 3.15. The van der Waals surface area contributed by atoms with Crippen molar-refractivity contribution in [3.8, 4) is 0 Å². The topological polar surface area (TPSA) is 74.2 Å². The molecule has 0 aliphatic heterocycles. The first-order chi connectivity index (χ1) is 6.77. The van der Waals surface area contributed by atoms with Gasteiger partial charge in [0.1, 0.15) is 6.61 Å². The van der Waals surface area contributed by atoms with Gasteiger partial charge in [-0.1, -0.05) is 12.1 Å². The molecule has 1 aromatic heterocycles. The van der Waals surface area contributed by atoms with Gasteiger partial charge in [0.25, 0.3) is 0 Å². The summed E-state index contributed by atoms with van der Waals surface area (Å²) in [5.74, 6) is 1.55. The van der Waals surface area contributed by atoms with Crippen molar-refractivity contribution in [2.45, 2.75) is 32.3 Å². The van der Waals surface area contributed by atoms with Gasteiger partial charge in [0.15, 0.2) is 5.82 Å². The number of aromatic nitrogens is 2. The second-order valence-corrected chi connectivity index (χ2v) is 3.31. The third-order valence-corrected chi connectivity index (χ3v) is 2.02. The predicted octanol–water partition coefficient (Wildman–Crippen LogP) is 1.06. The predicted molar refractivity (Wildman–Crippen MR) is 51.7 cm³/mol. The largest absolute Gasteiger partial charge is 0.377 e. The van der Waals surface area contributed by atoms with Crippen LogP contribution in [-0.4, -0.2) is 23.8 Å². The normalized spacial score (nSPS) is 13.1. The van der Waals surface area contributed by atoms with Crippen molar-refractivity contribution in [1.29, 1.82) is 0 Å². The summed E-state index contributed by atoms with van der Waals surface area (Å²) in [5, 5.41) is 3.79. The fourth-order valence-corrected chi connectivity index (χ4v) is 1.20. The average Bonchev–Trinajstić information content (AvgIpc) is 2.63. The quantitative estimate of drug-likeness (QED) is 0.741. The van der Waals surface area contributed by atoms with E-state index in [1.54, 1.807) is 7.11 Å². The Morgan fingerprint density at radius 2 is 2.36 bits per heavy atom. The Kier molecular flexibility index (Phi) is 4.55. The summed E-state index contributed by atoms with van der Waals surface area (Å²) in [7, 11) is 1.61. The lowest BCUT2D eigenvalue weighted by Gasteiger charge is -2.03. The van der Waals surface area contributed by atoms with Crippen LogP contribution in [0.25, 0.3) is 0 Å². The first-order valence-electron chi connectivity index (χ1n) is 4.79. The van der Waals surface area contributed by atoms with E-state index in [1.807, 2.05) is 0 Å². The molecule has 5 heteroatoms. The molecule has 0 spiro atoms. The summed E-state index contributed by atoms with van der Waals surface area (Å²) in [4.78, 5) is 4.21. The molecule has 5 nitrogen and oxygen atoms in total. The van der Waals surface area contributed by atoms with Crippen LogP contribution in [0.4, 0.5) is 0 Å². The minimum absolute atomic E-state index is 0.275. The summed E-state index contributed by atoms with van der Waals surface area (Å²) in [6.07, 6.45) is 1.95. The zero-order valence-corrected chi connectivity index (χ0v) is 8.69. The van der Waals surface area contributed by atoms with Crippen LogP contribution < -0.4 is 5.73 Å². The molecule has 1 heterocycles. The number of rotatable bonds is 6. The van der Waals surface area contributed by atoms with Crippen LogP contribution >= 0.6 is 0 Å². The zero-order chi connectivity index (χ0) is 10.4. The van der Waals surface area contributed by atoms with E-state index < -0.39 is 0 Å². The van der Waals surface area contributed by atoms with Crippen molar-refractivity contribution in [3.63, 3.8) is 0 Å². The molecule has 80 valence electrons. The molecule has 0 radical (unpaired) electrons. The molecule has 0 saturated heterocycles. The van der Waals surface area contributed by atoms with Crippen LogP contribution in [-0.2, 0) is 11.3 Å². The van der Waals surface area contributed by atoms with Gasteiger partial charge in [0.05, 0.1) is 0 Å². The monoisotopic (exact) mass is 199 g/mol. The van der Waals surface area contributed by atoms with Crippen LogP contribution in [0.2, 0.25) is 0 Å². The first kappa shape index (κ1) is 11.1. The highest BCUT2D eigenvalue weighted by molar-refractivity contribution is 4.91. The average molecular weight is 199 g/mol. The number of nitrogens with two attached hydrogens (primary N) is 1. The van der Waals surface area contributed by atoms with E-state index in [4.69, 9.17) is 15.0 Å². The maximum absolute atomic E-state index is 5.42. The van der Waals surface area contributed by atoms with E-state index in [-0.39, 0.29) is 5.92 Å². The van der Waals surface area contributed by atoms with Crippen molar-refractivity contribution in [1.82, 2.24) is 10.1 Å². The van der Waals surface area contributed by atoms with Crippen LogP contribution in [0, 0.1) is 0 Å². The Bertz CT molecular complexity index is 262.